The van der Waals surface area contributed by atoms with Crippen LogP contribution in [0, 0.1) is 11.3 Å². The molecule has 0 atom stereocenters. The number of allylic oxidation sites excluding steroid dienone is 1. The van der Waals surface area contributed by atoms with Crippen molar-refractivity contribution >= 4 is 34.6 Å². The first-order valence-corrected chi connectivity index (χ1v) is 9.47. The van der Waals surface area contributed by atoms with Crippen molar-refractivity contribution in [2.45, 2.75) is 0 Å². The van der Waals surface area contributed by atoms with E-state index in [2.05, 4.69) is 11.1 Å². The maximum Gasteiger partial charge on any atom is 0.134 e. The fourth-order valence-electron chi connectivity index (χ4n) is 2.65. The summed E-state index contributed by atoms with van der Waals surface area (Å²) < 4.78 is 5.86. The summed E-state index contributed by atoms with van der Waals surface area (Å²) in [6.07, 6.45) is 1.71. The van der Waals surface area contributed by atoms with Gasteiger partial charge in [0.15, 0.2) is 0 Å². The summed E-state index contributed by atoms with van der Waals surface area (Å²) in [7, 11) is 0. The molecule has 0 unspecified atom stereocenters. The van der Waals surface area contributed by atoms with Crippen molar-refractivity contribution < 1.29 is 4.42 Å². The Labute approximate surface area is 165 Å². The molecule has 4 aromatic rings. The van der Waals surface area contributed by atoms with Crippen molar-refractivity contribution in [2.24, 2.45) is 0 Å². The second-order valence-electron chi connectivity index (χ2n) is 5.79. The number of halogens is 1. The van der Waals surface area contributed by atoms with Gasteiger partial charge in [0.1, 0.15) is 22.6 Å². The summed E-state index contributed by atoms with van der Waals surface area (Å²) in [5, 5.41) is 12.8. The molecule has 0 fully saturated rings. The quantitative estimate of drug-likeness (QED) is 0.362. The third kappa shape index (κ3) is 3.85. The van der Waals surface area contributed by atoms with Crippen molar-refractivity contribution in [3.63, 3.8) is 0 Å². The highest BCUT2D eigenvalue weighted by molar-refractivity contribution is 7.11. The number of aromatic nitrogens is 1. The second kappa shape index (κ2) is 7.63. The Balaban J connectivity index is 1.63. The molecule has 0 radical (unpaired) electrons. The Kier molecular flexibility index (Phi) is 4.88. The zero-order valence-electron chi connectivity index (χ0n) is 14.1. The van der Waals surface area contributed by atoms with Crippen LogP contribution in [0.15, 0.2) is 76.5 Å². The topological polar surface area (TPSA) is 49.8 Å². The average molecular weight is 389 g/mol. The molecular formula is C22H13ClN2OS. The van der Waals surface area contributed by atoms with Crippen molar-refractivity contribution in [1.82, 2.24) is 4.98 Å². The van der Waals surface area contributed by atoms with Gasteiger partial charge in [-0.05, 0) is 24.3 Å². The Morgan fingerprint density at radius 2 is 1.85 bits per heavy atom. The number of furan rings is 1. The first kappa shape index (κ1) is 17.3. The lowest BCUT2D eigenvalue weighted by atomic mass is 10.2. The fraction of sp³-hybridized carbons (Fsp3) is 0. The third-order valence-electron chi connectivity index (χ3n) is 3.95. The Morgan fingerprint density at radius 3 is 2.63 bits per heavy atom. The van der Waals surface area contributed by atoms with E-state index in [0.29, 0.717) is 27.1 Å². The van der Waals surface area contributed by atoms with Crippen molar-refractivity contribution in [3.05, 3.63) is 87.9 Å². The molecule has 5 heteroatoms. The van der Waals surface area contributed by atoms with Crippen LogP contribution in [-0.2, 0) is 0 Å². The molecule has 0 amide bonds. The maximum atomic E-state index is 9.57. The van der Waals surface area contributed by atoms with Crippen molar-refractivity contribution in [3.8, 4) is 28.7 Å². The number of hydrogen-bond donors (Lipinski definition) is 0. The van der Waals surface area contributed by atoms with Gasteiger partial charge in [-0.15, -0.1) is 11.3 Å². The van der Waals surface area contributed by atoms with Gasteiger partial charge in [-0.1, -0.05) is 54.1 Å². The molecule has 4 rings (SSSR count). The number of nitrogens with zero attached hydrogens (tertiary/aromatic N) is 2. The molecule has 130 valence electrons. The van der Waals surface area contributed by atoms with Crippen LogP contribution >= 0.6 is 22.9 Å². The number of hydrogen-bond acceptors (Lipinski definition) is 4. The molecule has 0 N–H and O–H groups in total. The minimum absolute atomic E-state index is 0.467. The molecular weight excluding hydrogens is 376 g/mol. The van der Waals surface area contributed by atoms with Gasteiger partial charge < -0.3 is 4.42 Å². The lowest BCUT2D eigenvalue weighted by molar-refractivity contribution is 0.572. The molecule has 2 aromatic heterocycles. The van der Waals surface area contributed by atoms with Crippen LogP contribution in [0.2, 0.25) is 5.02 Å². The first-order chi connectivity index (χ1) is 13.2. The zero-order valence-corrected chi connectivity index (χ0v) is 15.7. The largest absolute Gasteiger partial charge is 0.457 e. The van der Waals surface area contributed by atoms with Crippen LogP contribution in [0.1, 0.15) is 10.8 Å². The van der Waals surface area contributed by atoms with E-state index in [0.717, 1.165) is 16.8 Å². The van der Waals surface area contributed by atoms with E-state index < -0.39 is 0 Å². The maximum absolute atomic E-state index is 9.57. The summed E-state index contributed by atoms with van der Waals surface area (Å²) in [5.74, 6) is 1.29. The van der Waals surface area contributed by atoms with E-state index in [4.69, 9.17) is 16.0 Å². The normalized spacial score (nSPS) is 11.3. The molecule has 0 aliphatic rings. The summed E-state index contributed by atoms with van der Waals surface area (Å²) >= 11 is 7.48. The van der Waals surface area contributed by atoms with E-state index in [1.54, 1.807) is 6.08 Å². The monoisotopic (exact) mass is 388 g/mol. The molecule has 0 aliphatic heterocycles. The van der Waals surface area contributed by atoms with Gasteiger partial charge in [0.05, 0.1) is 11.3 Å². The van der Waals surface area contributed by atoms with Crippen LogP contribution in [0.3, 0.4) is 0 Å². The highest BCUT2D eigenvalue weighted by Crippen LogP contribution is 2.29. The van der Waals surface area contributed by atoms with Gasteiger partial charge in [-0.3, -0.25) is 0 Å². The van der Waals surface area contributed by atoms with Crippen LogP contribution in [0.4, 0.5) is 0 Å². The Morgan fingerprint density at radius 1 is 1.04 bits per heavy atom. The summed E-state index contributed by atoms with van der Waals surface area (Å²) in [6, 6.07) is 23.3. The molecule has 2 heterocycles. The molecule has 3 nitrogen and oxygen atoms in total. The van der Waals surface area contributed by atoms with Gasteiger partial charge in [0.2, 0.25) is 0 Å². The van der Waals surface area contributed by atoms with Gasteiger partial charge in [-0.25, -0.2) is 4.98 Å². The minimum Gasteiger partial charge on any atom is -0.457 e. The van der Waals surface area contributed by atoms with Crippen LogP contribution in [0.5, 0.6) is 0 Å². The summed E-state index contributed by atoms with van der Waals surface area (Å²) in [5.41, 5.74) is 3.24. The van der Waals surface area contributed by atoms with Crippen molar-refractivity contribution in [1.29, 1.82) is 5.26 Å². The first-order valence-electron chi connectivity index (χ1n) is 8.22. The van der Waals surface area contributed by atoms with Crippen molar-refractivity contribution in [2.75, 3.05) is 0 Å². The highest BCUT2D eigenvalue weighted by atomic mass is 35.5. The Bertz CT molecular complexity index is 1150. The molecule has 27 heavy (non-hydrogen) atoms. The summed E-state index contributed by atoms with van der Waals surface area (Å²) in [4.78, 5) is 4.59. The van der Waals surface area contributed by atoms with E-state index in [1.165, 1.54) is 11.3 Å². The number of benzene rings is 2. The third-order valence-corrected chi connectivity index (χ3v) is 5.06. The molecule has 0 saturated heterocycles. The van der Waals surface area contributed by atoms with Crippen LogP contribution < -0.4 is 0 Å². The lowest BCUT2D eigenvalue weighted by Crippen LogP contribution is -1.82. The smallest absolute Gasteiger partial charge is 0.134 e. The van der Waals surface area contributed by atoms with E-state index in [9.17, 15) is 5.26 Å². The van der Waals surface area contributed by atoms with Gasteiger partial charge >= 0.3 is 0 Å². The van der Waals surface area contributed by atoms with Crippen LogP contribution in [-0.4, -0.2) is 4.98 Å². The van der Waals surface area contributed by atoms with Gasteiger partial charge in [0.25, 0.3) is 0 Å². The molecule has 0 spiro atoms. The number of nitriles is 1. The average Bonchev–Trinajstić information content (AvgIpc) is 3.37. The van der Waals surface area contributed by atoms with Gasteiger partial charge in [0, 0.05) is 27.6 Å². The Hall–Kier alpha value is -3.13. The second-order valence-corrected chi connectivity index (χ2v) is 7.08. The molecule has 0 bridgehead atoms. The summed E-state index contributed by atoms with van der Waals surface area (Å²) in [6.45, 7) is 0. The standard InChI is InChI=1S/C22H13ClN2OS/c23-18-8-4-7-16(11-18)21-10-9-19(26-21)12-17(13-24)22-25-20(14-27-22)15-5-2-1-3-6-15/h1-12,14H/b17-12+. The molecule has 2 aromatic carbocycles. The zero-order chi connectivity index (χ0) is 18.6. The minimum atomic E-state index is 0.467. The van der Waals surface area contributed by atoms with E-state index in [1.807, 2.05) is 72.1 Å². The molecule has 0 aliphatic carbocycles. The predicted octanol–water partition coefficient (Wildman–Crippen LogP) is 6.79. The van der Waals surface area contributed by atoms with Crippen LogP contribution in [0.25, 0.3) is 34.2 Å². The number of thiazole rings is 1. The lowest BCUT2D eigenvalue weighted by Gasteiger charge is -1.97. The SMILES string of the molecule is N#C/C(=C\c1ccc(-c2cccc(Cl)c2)o1)c1nc(-c2ccccc2)cs1. The fourth-order valence-corrected chi connectivity index (χ4v) is 3.64. The number of rotatable bonds is 4. The highest BCUT2D eigenvalue weighted by Gasteiger charge is 2.11. The van der Waals surface area contributed by atoms with Gasteiger partial charge in [-0.2, -0.15) is 5.26 Å². The molecule has 0 saturated carbocycles. The van der Waals surface area contributed by atoms with E-state index in [-0.39, 0.29) is 0 Å². The predicted molar refractivity (Wildman–Crippen MR) is 110 cm³/mol. The van der Waals surface area contributed by atoms with E-state index >= 15 is 0 Å².